The van der Waals surface area contributed by atoms with E-state index in [0.29, 0.717) is 43.9 Å². The number of nitrogens with zero attached hydrogens (tertiary/aromatic N) is 2. The van der Waals surface area contributed by atoms with Gasteiger partial charge in [0.25, 0.3) is 0 Å². The number of halogens is 2. The summed E-state index contributed by atoms with van der Waals surface area (Å²) in [7, 11) is 3.04. The van der Waals surface area contributed by atoms with Crippen LogP contribution in [0.3, 0.4) is 0 Å². The number of anilines is 1. The van der Waals surface area contributed by atoms with Crippen molar-refractivity contribution in [1.29, 1.82) is 0 Å². The van der Waals surface area contributed by atoms with Gasteiger partial charge in [-0.3, -0.25) is 4.79 Å². The fraction of sp³-hybridized carbons (Fsp3) is 0.115. The average molecular weight is 510 g/mol. The fourth-order valence-corrected chi connectivity index (χ4v) is 3.88. The number of nitrogens with one attached hydrogen (secondary N) is 1. The number of amides is 1. The van der Waals surface area contributed by atoms with Crippen molar-refractivity contribution >= 4 is 56.9 Å². The van der Waals surface area contributed by atoms with Crippen LogP contribution in [0.1, 0.15) is 5.56 Å². The predicted octanol–water partition coefficient (Wildman–Crippen LogP) is 7.47. The molecule has 0 saturated carbocycles. The van der Waals surface area contributed by atoms with Crippen molar-refractivity contribution in [3.05, 3.63) is 82.3 Å². The van der Waals surface area contributed by atoms with E-state index in [1.165, 1.54) is 14.2 Å². The van der Waals surface area contributed by atoms with Crippen LogP contribution in [0.2, 0.25) is 10.0 Å². The van der Waals surface area contributed by atoms with Gasteiger partial charge in [0, 0.05) is 22.0 Å². The first-order chi connectivity index (χ1) is 16.9. The highest BCUT2D eigenvalue weighted by Crippen LogP contribution is 2.40. The number of carbonyl (C=O) groups excluding carboxylic acids is 1. The van der Waals surface area contributed by atoms with Crippen LogP contribution in [0.5, 0.6) is 17.2 Å². The van der Waals surface area contributed by atoms with Gasteiger partial charge in [-0.1, -0.05) is 47.5 Å². The van der Waals surface area contributed by atoms with Crippen molar-refractivity contribution in [2.24, 2.45) is 10.2 Å². The number of methoxy groups -OCH3 is 2. The van der Waals surface area contributed by atoms with Gasteiger partial charge in [-0.25, -0.2) is 0 Å². The second-order valence-electron chi connectivity index (χ2n) is 7.54. The largest absolute Gasteiger partial charge is 0.505 e. The molecule has 9 heteroatoms. The van der Waals surface area contributed by atoms with Gasteiger partial charge in [-0.05, 0) is 41.8 Å². The molecule has 0 atom stereocenters. The SMILES string of the molecule is COc1ccc(OC)c(NC(=O)Cc2cc3ccccc3c(N=Nc3cc(Cl)ccc3Cl)c2O)c1. The maximum Gasteiger partial charge on any atom is 0.229 e. The maximum atomic E-state index is 12.9. The molecule has 0 aliphatic heterocycles. The lowest BCUT2D eigenvalue weighted by Crippen LogP contribution is -2.15. The number of phenols is 1. The van der Waals surface area contributed by atoms with Gasteiger partial charge < -0.3 is 19.9 Å². The summed E-state index contributed by atoms with van der Waals surface area (Å²) in [6.45, 7) is 0. The molecule has 0 unspecified atom stereocenters. The van der Waals surface area contributed by atoms with E-state index in [-0.39, 0.29) is 23.8 Å². The van der Waals surface area contributed by atoms with E-state index in [2.05, 4.69) is 15.5 Å². The van der Waals surface area contributed by atoms with Crippen molar-refractivity contribution in [2.45, 2.75) is 6.42 Å². The summed E-state index contributed by atoms with van der Waals surface area (Å²) in [6, 6.07) is 19.0. The molecular weight excluding hydrogens is 489 g/mol. The molecule has 0 radical (unpaired) electrons. The Labute approximate surface area is 211 Å². The van der Waals surface area contributed by atoms with Gasteiger partial charge in [0.2, 0.25) is 5.91 Å². The molecule has 7 nitrogen and oxygen atoms in total. The molecule has 0 aliphatic carbocycles. The molecular formula is C26H21Cl2N3O4. The van der Waals surface area contributed by atoms with Crippen LogP contribution in [-0.4, -0.2) is 25.2 Å². The second-order valence-corrected chi connectivity index (χ2v) is 8.38. The fourth-order valence-electron chi connectivity index (χ4n) is 3.56. The Hall–Kier alpha value is -3.81. The number of fused-ring (bicyclic) bond motifs is 1. The number of benzene rings is 4. The molecule has 0 aromatic heterocycles. The Balaban J connectivity index is 1.69. The molecule has 35 heavy (non-hydrogen) atoms. The van der Waals surface area contributed by atoms with E-state index >= 15 is 0 Å². The van der Waals surface area contributed by atoms with E-state index in [4.69, 9.17) is 32.7 Å². The Morgan fingerprint density at radius 2 is 1.77 bits per heavy atom. The second kappa shape index (κ2) is 10.6. The van der Waals surface area contributed by atoms with Crippen LogP contribution >= 0.6 is 23.2 Å². The lowest BCUT2D eigenvalue weighted by atomic mass is 10.0. The summed E-state index contributed by atoms with van der Waals surface area (Å²) >= 11 is 12.2. The van der Waals surface area contributed by atoms with Crippen LogP contribution in [0, 0.1) is 0 Å². The van der Waals surface area contributed by atoms with Gasteiger partial charge in [-0.2, -0.15) is 0 Å². The number of hydrogen-bond acceptors (Lipinski definition) is 6. The van der Waals surface area contributed by atoms with Crippen LogP contribution in [-0.2, 0) is 11.2 Å². The molecule has 0 fully saturated rings. The number of rotatable bonds is 7. The van der Waals surface area contributed by atoms with Crippen LogP contribution in [0.15, 0.2) is 77.0 Å². The number of azo groups is 1. The smallest absolute Gasteiger partial charge is 0.229 e. The molecule has 4 aromatic rings. The zero-order valence-electron chi connectivity index (χ0n) is 18.9. The average Bonchev–Trinajstić information content (AvgIpc) is 2.86. The number of phenolic OH excluding ortho intramolecular Hbond substituents is 1. The highest BCUT2D eigenvalue weighted by atomic mass is 35.5. The molecule has 4 aromatic carbocycles. The first kappa shape index (κ1) is 24.3. The van der Waals surface area contributed by atoms with Gasteiger partial charge in [-0.15, -0.1) is 10.2 Å². The van der Waals surface area contributed by atoms with Crippen molar-refractivity contribution in [2.75, 3.05) is 19.5 Å². The number of ether oxygens (including phenoxy) is 2. The highest BCUT2D eigenvalue weighted by molar-refractivity contribution is 6.35. The third kappa shape index (κ3) is 5.48. The van der Waals surface area contributed by atoms with Crippen molar-refractivity contribution < 1.29 is 19.4 Å². The molecule has 1 amide bonds. The van der Waals surface area contributed by atoms with E-state index in [1.807, 2.05) is 24.3 Å². The summed E-state index contributed by atoms with van der Waals surface area (Å²) < 4.78 is 10.6. The molecule has 0 spiro atoms. The number of hydrogen-bond donors (Lipinski definition) is 2. The maximum absolute atomic E-state index is 12.9. The minimum atomic E-state index is -0.358. The molecule has 178 valence electrons. The van der Waals surface area contributed by atoms with Crippen LogP contribution < -0.4 is 14.8 Å². The molecule has 2 N–H and O–H groups in total. The first-order valence-corrected chi connectivity index (χ1v) is 11.3. The standard InChI is InChI=1S/C26H21Cl2N3O4/c1-34-18-8-10-23(35-2)22(14-18)29-24(32)12-16-11-15-5-3-4-6-19(15)25(26(16)33)31-30-21-13-17(27)7-9-20(21)28/h3-11,13-14,33H,12H2,1-2H3,(H,29,32). The van der Waals surface area contributed by atoms with E-state index in [0.717, 1.165) is 5.39 Å². The quantitative estimate of drug-likeness (QED) is 0.252. The van der Waals surface area contributed by atoms with E-state index in [1.54, 1.807) is 42.5 Å². The van der Waals surface area contributed by atoms with Gasteiger partial charge in [0.15, 0.2) is 0 Å². The summed E-state index contributed by atoms with van der Waals surface area (Å²) in [5, 5.41) is 24.6. The first-order valence-electron chi connectivity index (χ1n) is 10.5. The van der Waals surface area contributed by atoms with E-state index < -0.39 is 0 Å². The third-order valence-corrected chi connectivity index (χ3v) is 5.83. The lowest BCUT2D eigenvalue weighted by Gasteiger charge is -2.13. The zero-order chi connectivity index (χ0) is 24.9. The Kier molecular flexibility index (Phi) is 7.39. The van der Waals surface area contributed by atoms with E-state index in [9.17, 15) is 9.90 Å². The molecule has 0 saturated heterocycles. The normalized spacial score (nSPS) is 11.1. The minimum absolute atomic E-state index is 0.114. The summed E-state index contributed by atoms with van der Waals surface area (Å²) in [4.78, 5) is 12.9. The number of aromatic hydroxyl groups is 1. The third-order valence-electron chi connectivity index (χ3n) is 5.27. The highest BCUT2D eigenvalue weighted by Gasteiger charge is 2.17. The minimum Gasteiger partial charge on any atom is -0.505 e. The summed E-state index contributed by atoms with van der Waals surface area (Å²) in [5.74, 6) is 0.535. The van der Waals surface area contributed by atoms with Crippen molar-refractivity contribution in [3.8, 4) is 17.2 Å². The number of carbonyl (C=O) groups is 1. The van der Waals surface area contributed by atoms with Gasteiger partial charge in [0.05, 0.1) is 31.4 Å². The summed E-state index contributed by atoms with van der Waals surface area (Å²) in [6.07, 6.45) is -0.114. The molecule has 0 bridgehead atoms. The van der Waals surface area contributed by atoms with Crippen molar-refractivity contribution in [3.63, 3.8) is 0 Å². The monoisotopic (exact) mass is 509 g/mol. The van der Waals surface area contributed by atoms with Crippen molar-refractivity contribution in [1.82, 2.24) is 0 Å². The Morgan fingerprint density at radius 1 is 0.971 bits per heavy atom. The Morgan fingerprint density at radius 3 is 2.54 bits per heavy atom. The predicted molar refractivity (Wildman–Crippen MR) is 138 cm³/mol. The molecule has 0 aliphatic rings. The van der Waals surface area contributed by atoms with Crippen LogP contribution in [0.4, 0.5) is 17.1 Å². The summed E-state index contributed by atoms with van der Waals surface area (Å²) in [5.41, 5.74) is 1.42. The lowest BCUT2D eigenvalue weighted by molar-refractivity contribution is -0.115. The Bertz CT molecular complexity index is 1440. The molecule has 0 heterocycles. The molecule has 4 rings (SSSR count). The zero-order valence-corrected chi connectivity index (χ0v) is 20.4. The van der Waals surface area contributed by atoms with Crippen LogP contribution in [0.25, 0.3) is 10.8 Å². The van der Waals surface area contributed by atoms with Gasteiger partial charge in [0.1, 0.15) is 28.6 Å². The van der Waals surface area contributed by atoms with Gasteiger partial charge >= 0.3 is 0 Å². The topological polar surface area (TPSA) is 92.5 Å².